The van der Waals surface area contributed by atoms with E-state index in [1.165, 1.54) is 12.3 Å². The Hall–Kier alpha value is -3.13. The van der Waals surface area contributed by atoms with E-state index in [0.717, 1.165) is 30.7 Å². The average Bonchev–Trinajstić information content (AvgIpc) is 3.68. The molecular formula is C30H32ClF3N2O3. The third kappa shape index (κ3) is 7.29. The van der Waals surface area contributed by atoms with Crippen molar-refractivity contribution in [3.8, 4) is 0 Å². The van der Waals surface area contributed by atoms with Crippen molar-refractivity contribution in [3.05, 3.63) is 71.0 Å². The Morgan fingerprint density at radius 2 is 1.74 bits per heavy atom. The van der Waals surface area contributed by atoms with Gasteiger partial charge in [-0.1, -0.05) is 48.9 Å². The molecule has 3 aromatic rings. The molecule has 208 valence electrons. The van der Waals surface area contributed by atoms with Crippen molar-refractivity contribution in [2.45, 2.75) is 70.6 Å². The molecule has 4 rings (SSSR count). The lowest BCUT2D eigenvalue weighted by Gasteiger charge is -2.26. The van der Waals surface area contributed by atoms with Gasteiger partial charge in [-0.2, -0.15) is 13.2 Å². The fourth-order valence-corrected chi connectivity index (χ4v) is 4.94. The van der Waals surface area contributed by atoms with Gasteiger partial charge >= 0.3 is 12.1 Å². The topological polar surface area (TPSA) is 68.3 Å². The summed E-state index contributed by atoms with van der Waals surface area (Å²) in [7, 11) is 0. The number of carbonyl (C=O) groups excluding carboxylic acids is 2. The molecule has 9 heteroatoms. The maximum absolute atomic E-state index is 13.9. The number of anilines is 1. The van der Waals surface area contributed by atoms with Gasteiger partial charge in [-0.3, -0.25) is 14.6 Å². The van der Waals surface area contributed by atoms with Crippen molar-refractivity contribution in [2.24, 2.45) is 11.8 Å². The highest BCUT2D eigenvalue weighted by molar-refractivity contribution is 6.33. The molecule has 1 heterocycles. The van der Waals surface area contributed by atoms with Crippen LogP contribution in [-0.2, 0) is 14.3 Å². The SMILES string of the molecule is C[C@H]([C@H](C(=O)Nc1cc([C@@H](CC(=O)OC(C)(C)C)C2CC2)ccc1Cl)c1cc2ccccc2cn1)C(F)(F)F. The number of halogens is 4. The van der Waals surface area contributed by atoms with Gasteiger partial charge in [-0.25, -0.2) is 0 Å². The number of nitrogens with zero attached hydrogens (tertiary/aromatic N) is 1. The summed E-state index contributed by atoms with van der Waals surface area (Å²) >= 11 is 6.39. The number of hydrogen-bond donors (Lipinski definition) is 1. The highest BCUT2D eigenvalue weighted by Gasteiger charge is 2.46. The van der Waals surface area contributed by atoms with Gasteiger partial charge in [0.1, 0.15) is 5.60 Å². The van der Waals surface area contributed by atoms with Gasteiger partial charge in [0.25, 0.3) is 0 Å². The monoisotopic (exact) mass is 560 g/mol. The number of carbonyl (C=O) groups is 2. The molecule has 0 radical (unpaired) electrons. The van der Waals surface area contributed by atoms with E-state index in [4.69, 9.17) is 16.3 Å². The molecule has 0 spiro atoms. The molecule has 1 N–H and O–H groups in total. The van der Waals surface area contributed by atoms with Crippen molar-refractivity contribution >= 4 is 39.9 Å². The number of nitrogens with one attached hydrogen (secondary N) is 1. The first kappa shape index (κ1) is 28.9. The Balaban J connectivity index is 1.63. The van der Waals surface area contributed by atoms with Crippen molar-refractivity contribution < 1.29 is 27.5 Å². The van der Waals surface area contributed by atoms with Crippen LogP contribution in [0.15, 0.2) is 54.7 Å². The lowest BCUT2D eigenvalue weighted by Crippen LogP contribution is -2.35. The van der Waals surface area contributed by atoms with Crippen LogP contribution in [0.5, 0.6) is 0 Å². The molecule has 5 nitrogen and oxygen atoms in total. The molecule has 0 bridgehead atoms. The van der Waals surface area contributed by atoms with E-state index in [9.17, 15) is 22.8 Å². The van der Waals surface area contributed by atoms with Crippen LogP contribution < -0.4 is 5.32 Å². The number of alkyl halides is 3. The average molecular weight is 561 g/mol. The highest BCUT2D eigenvalue weighted by Crippen LogP contribution is 2.46. The summed E-state index contributed by atoms with van der Waals surface area (Å²) in [5, 5.41) is 4.25. The third-order valence-corrected chi connectivity index (χ3v) is 7.27. The minimum Gasteiger partial charge on any atom is -0.460 e. The first-order valence-electron chi connectivity index (χ1n) is 13.0. The standard InChI is InChI=1S/C30H32ClF3N2O3/c1-17(30(32,33)34)27(25-13-19-7-5-6-8-21(19)16-35-25)28(38)36-24-14-20(11-12-23(24)31)22(18-9-10-18)15-26(37)39-29(2,3)4/h5-8,11-14,16-18,22,27H,9-10,15H2,1-4H3,(H,36,38)/t17-,22+,27+/m1/s1. The van der Waals surface area contributed by atoms with Gasteiger partial charge in [-0.15, -0.1) is 0 Å². The Bertz CT molecular complexity index is 1370. The Morgan fingerprint density at radius 3 is 2.36 bits per heavy atom. The van der Waals surface area contributed by atoms with Crippen LogP contribution in [0.3, 0.4) is 0 Å². The Kier molecular flexibility index (Phi) is 8.26. The summed E-state index contributed by atoms with van der Waals surface area (Å²) in [6.07, 6.45) is -1.09. The van der Waals surface area contributed by atoms with Crippen molar-refractivity contribution in [1.29, 1.82) is 0 Å². The number of ether oxygens (including phenoxy) is 1. The summed E-state index contributed by atoms with van der Waals surface area (Å²) in [5.74, 6) is -4.67. The lowest BCUT2D eigenvalue weighted by atomic mass is 9.88. The van der Waals surface area contributed by atoms with E-state index in [1.54, 1.807) is 63.2 Å². The quantitative estimate of drug-likeness (QED) is 0.283. The van der Waals surface area contributed by atoms with Gasteiger partial charge < -0.3 is 10.1 Å². The molecule has 3 atom stereocenters. The van der Waals surface area contributed by atoms with E-state index in [-0.39, 0.29) is 40.6 Å². The van der Waals surface area contributed by atoms with Crippen molar-refractivity contribution in [1.82, 2.24) is 4.98 Å². The van der Waals surface area contributed by atoms with Gasteiger partial charge in [-0.05, 0) is 74.6 Å². The van der Waals surface area contributed by atoms with E-state index < -0.39 is 29.5 Å². The highest BCUT2D eigenvalue weighted by atomic mass is 35.5. The van der Waals surface area contributed by atoms with Crippen LogP contribution in [-0.4, -0.2) is 28.6 Å². The zero-order valence-electron chi connectivity index (χ0n) is 22.3. The normalized spacial score (nSPS) is 16.4. The third-order valence-electron chi connectivity index (χ3n) is 6.94. The number of fused-ring (bicyclic) bond motifs is 1. The number of esters is 1. The second-order valence-electron chi connectivity index (χ2n) is 11.2. The first-order valence-corrected chi connectivity index (χ1v) is 13.3. The predicted molar refractivity (Wildman–Crippen MR) is 146 cm³/mol. The number of benzene rings is 2. The maximum atomic E-state index is 13.9. The number of pyridine rings is 1. The van der Waals surface area contributed by atoms with Gasteiger partial charge in [0.05, 0.1) is 34.7 Å². The second kappa shape index (κ2) is 11.2. The fraction of sp³-hybridized carbons (Fsp3) is 0.433. The number of amides is 1. The molecule has 1 amide bonds. The number of rotatable bonds is 8. The molecule has 0 aliphatic heterocycles. The van der Waals surface area contributed by atoms with E-state index >= 15 is 0 Å². The number of aromatic nitrogens is 1. The van der Waals surface area contributed by atoms with Gasteiger partial charge in [0, 0.05) is 11.6 Å². The second-order valence-corrected chi connectivity index (χ2v) is 11.6. The largest absolute Gasteiger partial charge is 0.460 e. The maximum Gasteiger partial charge on any atom is 0.392 e. The lowest BCUT2D eigenvalue weighted by molar-refractivity contribution is -0.178. The fourth-order valence-electron chi connectivity index (χ4n) is 4.77. The molecule has 1 aromatic heterocycles. The van der Waals surface area contributed by atoms with Gasteiger partial charge in [0.15, 0.2) is 0 Å². The molecule has 1 fully saturated rings. The van der Waals surface area contributed by atoms with E-state index in [0.29, 0.717) is 5.39 Å². The van der Waals surface area contributed by atoms with E-state index in [1.807, 2.05) is 0 Å². The first-order chi connectivity index (χ1) is 18.2. The minimum atomic E-state index is -4.63. The summed E-state index contributed by atoms with van der Waals surface area (Å²) in [6, 6.07) is 13.7. The summed E-state index contributed by atoms with van der Waals surface area (Å²) in [4.78, 5) is 30.3. The van der Waals surface area contributed by atoms with Gasteiger partial charge in [0.2, 0.25) is 5.91 Å². The molecule has 1 saturated carbocycles. The zero-order valence-corrected chi connectivity index (χ0v) is 23.1. The van der Waals surface area contributed by atoms with E-state index in [2.05, 4.69) is 10.3 Å². The summed E-state index contributed by atoms with van der Waals surface area (Å²) in [5.41, 5.74) is 0.358. The van der Waals surface area contributed by atoms with Crippen LogP contribution in [0.2, 0.25) is 5.02 Å². The molecule has 39 heavy (non-hydrogen) atoms. The molecule has 1 aliphatic rings. The van der Waals surface area contributed by atoms with Crippen molar-refractivity contribution in [2.75, 3.05) is 5.32 Å². The minimum absolute atomic E-state index is 0.0177. The van der Waals surface area contributed by atoms with Crippen LogP contribution in [0, 0.1) is 11.8 Å². The summed E-state index contributed by atoms with van der Waals surface area (Å²) in [6.45, 7) is 6.38. The molecular weight excluding hydrogens is 529 g/mol. The smallest absolute Gasteiger partial charge is 0.392 e. The van der Waals surface area contributed by atoms with Crippen LogP contribution in [0.25, 0.3) is 10.8 Å². The predicted octanol–water partition coefficient (Wildman–Crippen LogP) is 8.03. The zero-order chi connectivity index (χ0) is 28.5. The van der Waals surface area contributed by atoms with Crippen molar-refractivity contribution in [3.63, 3.8) is 0 Å². The molecule has 1 aliphatic carbocycles. The molecule has 0 unspecified atom stereocenters. The Labute approximate surface area is 231 Å². The summed E-state index contributed by atoms with van der Waals surface area (Å²) < 4.78 is 47.2. The molecule has 0 saturated heterocycles. The number of hydrogen-bond acceptors (Lipinski definition) is 4. The van der Waals surface area contributed by atoms with Crippen LogP contribution in [0.4, 0.5) is 18.9 Å². The molecule has 2 aromatic carbocycles. The van der Waals surface area contributed by atoms with Crippen LogP contribution in [0.1, 0.15) is 70.1 Å². The van der Waals surface area contributed by atoms with Crippen LogP contribution >= 0.6 is 11.6 Å². The Morgan fingerprint density at radius 1 is 1.08 bits per heavy atom.